The summed E-state index contributed by atoms with van der Waals surface area (Å²) in [6, 6.07) is 2.40. The van der Waals surface area contributed by atoms with Gasteiger partial charge in [-0.05, 0) is 6.07 Å². The van der Waals surface area contributed by atoms with Crippen LogP contribution in [0.1, 0.15) is 0 Å². The zero-order valence-corrected chi connectivity index (χ0v) is 8.55. The van der Waals surface area contributed by atoms with Gasteiger partial charge in [-0.3, -0.25) is 15.1 Å². The number of aromatic nitrogens is 1. The lowest BCUT2D eigenvalue weighted by molar-refractivity contribution is -0.383. The van der Waals surface area contributed by atoms with Crippen LogP contribution in [0.15, 0.2) is 26.1 Å². The molecule has 0 bridgehead atoms. The average Bonchev–Trinajstić information content (AvgIpc) is 2.27. The summed E-state index contributed by atoms with van der Waals surface area (Å²) in [5.41, 5.74) is -1.58. The highest BCUT2D eigenvalue weighted by Crippen LogP contribution is 2.27. The lowest BCUT2D eigenvalue weighted by Gasteiger charge is -2.03. The fraction of sp³-hybridized carbons (Fsp3) is 0.111. The Morgan fingerprint density at radius 2 is 2.12 bits per heavy atom. The van der Waals surface area contributed by atoms with E-state index in [0.717, 1.165) is 6.07 Å². The molecule has 1 heterocycles. The van der Waals surface area contributed by atoms with Crippen LogP contribution in [0.2, 0.25) is 0 Å². The minimum absolute atomic E-state index is 0.0528. The summed E-state index contributed by atoms with van der Waals surface area (Å²) in [7, 11) is 1.31. The predicted molar refractivity (Wildman–Crippen MR) is 56.3 cm³/mol. The van der Waals surface area contributed by atoms with Crippen LogP contribution in [0.25, 0.3) is 10.9 Å². The molecular weight excluding hydrogens is 232 g/mol. The Hall–Kier alpha value is -2.64. The summed E-state index contributed by atoms with van der Waals surface area (Å²) >= 11 is 0. The normalized spacial score (nSPS) is 10.4. The number of H-pyrrole nitrogens is 1. The van der Waals surface area contributed by atoms with Crippen molar-refractivity contribution in [3.63, 3.8) is 0 Å². The van der Waals surface area contributed by atoms with E-state index in [9.17, 15) is 19.7 Å². The summed E-state index contributed by atoms with van der Waals surface area (Å²) in [4.78, 5) is 34.7. The zero-order valence-electron chi connectivity index (χ0n) is 8.55. The Morgan fingerprint density at radius 1 is 1.41 bits per heavy atom. The maximum Gasteiger partial charge on any atom is 0.419 e. The molecule has 0 fully saturated rings. The second-order valence-electron chi connectivity index (χ2n) is 3.10. The minimum atomic E-state index is -1.07. The van der Waals surface area contributed by atoms with Gasteiger partial charge in [0.2, 0.25) is 0 Å². The number of benzene rings is 1. The fourth-order valence-corrected chi connectivity index (χ4v) is 1.49. The number of nitrogens with zero attached hydrogens (tertiary/aromatic N) is 1. The molecule has 0 aliphatic rings. The molecule has 2 aromatic rings. The number of hydrogen-bond acceptors (Lipinski definition) is 6. The highest BCUT2D eigenvalue weighted by Gasteiger charge is 2.20. The summed E-state index contributed by atoms with van der Waals surface area (Å²) < 4.78 is 9.15. The zero-order chi connectivity index (χ0) is 12.6. The Balaban J connectivity index is 3.06. The average molecular weight is 238 g/mol. The molecule has 2 rings (SSSR count). The number of rotatable bonds is 2. The van der Waals surface area contributed by atoms with Gasteiger partial charge in [0.15, 0.2) is 5.39 Å². The molecule has 0 radical (unpaired) electrons. The van der Waals surface area contributed by atoms with Crippen molar-refractivity contribution in [2.24, 2.45) is 0 Å². The van der Waals surface area contributed by atoms with Crippen molar-refractivity contribution in [2.45, 2.75) is 0 Å². The minimum Gasteiger partial charge on any atom is -0.495 e. The summed E-state index contributed by atoms with van der Waals surface area (Å²) in [6.07, 6.45) is 0. The molecule has 17 heavy (non-hydrogen) atoms. The van der Waals surface area contributed by atoms with Gasteiger partial charge in [0.25, 0.3) is 5.69 Å². The highest BCUT2D eigenvalue weighted by atomic mass is 16.6. The predicted octanol–water partition coefficient (Wildman–Crippen LogP) is 0.398. The smallest absolute Gasteiger partial charge is 0.419 e. The van der Waals surface area contributed by atoms with Crippen molar-refractivity contribution in [1.82, 2.24) is 4.98 Å². The summed E-state index contributed by atoms with van der Waals surface area (Å²) in [5.74, 6) is -0.850. The Bertz CT molecular complexity index is 713. The number of ether oxygens (including phenoxy) is 1. The fourth-order valence-electron chi connectivity index (χ4n) is 1.49. The molecule has 0 saturated carbocycles. The van der Waals surface area contributed by atoms with Crippen LogP contribution in [0.5, 0.6) is 5.75 Å². The van der Waals surface area contributed by atoms with Gasteiger partial charge in [-0.15, -0.1) is 0 Å². The molecule has 1 N–H and O–H groups in total. The third-order valence-corrected chi connectivity index (χ3v) is 2.18. The van der Waals surface area contributed by atoms with Crippen molar-refractivity contribution in [3.05, 3.63) is 43.2 Å². The third-order valence-electron chi connectivity index (χ3n) is 2.18. The summed E-state index contributed by atoms with van der Waals surface area (Å²) in [6.45, 7) is 0. The number of methoxy groups -OCH3 is 1. The van der Waals surface area contributed by atoms with Gasteiger partial charge in [0, 0.05) is 6.07 Å². The first-order valence-corrected chi connectivity index (χ1v) is 4.43. The van der Waals surface area contributed by atoms with Crippen LogP contribution in [-0.4, -0.2) is 17.0 Å². The highest BCUT2D eigenvalue weighted by molar-refractivity contribution is 5.91. The lowest BCUT2D eigenvalue weighted by Crippen LogP contribution is -2.16. The molecule has 0 aliphatic carbocycles. The van der Waals surface area contributed by atoms with Crippen molar-refractivity contribution in [1.29, 1.82) is 0 Å². The van der Waals surface area contributed by atoms with E-state index in [4.69, 9.17) is 4.74 Å². The molecule has 1 aromatic carbocycles. The quantitative estimate of drug-likeness (QED) is 0.597. The van der Waals surface area contributed by atoms with E-state index in [-0.39, 0.29) is 16.7 Å². The van der Waals surface area contributed by atoms with Crippen LogP contribution in [0, 0.1) is 10.1 Å². The van der Waals surface area contributed by atoms with Crippen LogP contribution < -0.4 is 16.1 Å². The number of nitrogens with one attached hydrogen (secondary N) is 1. The number of fused-ring (bicyclic) bond motifs is 1. The van der Waals surface area contributed by atoms with Gasteiger partial charge in [-0.25, -0.2) is 9.59 Å². The number of non-ortho nitro benzene ring substituents is 1. The molecule has 8 heteroatoms. The number of aromatic amines is 1. The van der Waals surface area contributed by atoms with E-state index in [2.05, 4.69) is 9.40 Å². The molecule has 0 amide bonds. The van der Waals surface area contributed by atoms with Crippen molar-refractivity contribution in [2.75, 3.05) is 7.11 Å². The lowest BCUT2D eigenvalue weighted by atomic mass is 10.2. The maximum absolute atomic E-state index is 11.4. The van der Waals surface area contributed by atoms with Gasteiger partial charge in [0.05, 0.1) is 12.0 Å². The monoisotopic (exact) mass is 238 g/mol. The van der Waals surface area contributed by atoms with E-state index in [1.54, 1.807) is 0 Å². The van der Waals surface area contributed by atoms with Crippen LogP contribution in [0.4, 0.5) is 5.69 Å². The van der Waals surface area contributed by atoms with Crippen LogP contribution in [-0.2, 0) is 0 Å². The molecule has 88 valence electrons. The molecule has 0 atom stereocenters. The van der Waals surface area contributed by atoms with Gasteiger partial charge >= 0.3 is 11.4 Å². The number of hydrogen-bond donors (Lipinski definition) is 1. The van der Waals surface area contributed by atoms with Gasteiger partial charge in [-0.1, -0.05) is 0 Å². The second-order valence-corrected chi connectivity index (χ2v) is 3.10. The van der Waals surface area contributed by atoms with Gasteiger partial charge in [0.1, 0.15) is 11.3 Å². The number of nitro groups is 1. The molecule has 0 unspecified atom stereocenters. The third kappa shape index (κ3) is 1.65. The van der Waals surface area contributed by atoms with Crippen molar-refractivity contribution in [3.8, 4) is 5.75 Å². The van der Waals surface area contributed by atoms with E-state index in [1.165, 1.54) is 13.2 Å². The number of nitro benzene ring substituents is 1. The molecule has 0 spiro atoms. The second kappa shape index (κ2) is 3.74. The van der Waals surface area contributed by atoms with Crippen molar-refractivity contribution < 1.29 is 14.1 Å². The van der Waals surface area contributed by atoms with E-state index < -0.39 is 22.0 Å². The topological polar surface area (TPSA) is 115 Å². The SMILES string of the molecule is COc1ccc([N+](=O)[O-])c2c(=O)oc(=O)[nH]c12. The Labute approximate surface area is 92.6 Å². The first-order valence-electron chi connectivity index (χ1n) is 4.43. The van der Waals surface area contributed by atoms with Crippen LogP contribution >= 0.6 is 0 Å². The van der Waals surface area contributed by atoms with E-state index in [1.807, 2.05) is 0 Å². The first kappa shape index (κ1) is 10.9. The van der Waals surface area contributed by atoms with Gasteiger partial charge in [-0.2, -0.15) is 0 Å². The largest absolute Gasteiger partial charge is 0.495 e. The molecule has 0 saturated heterocycles. The first-order chi connectivity index (χ1) is 8.04. The standard InChI is InChI=1S/C9H6N2O6/c1-16-5-3-2-4(11(14)15)6-7(5)10-9(13)17-8(6)12/h2-3H,1H3,(H,10,13). The molecule has 1 aromatic heterocycles. The maximum atomic E-state index is 11.4. The van der Waals surface area contributed by atoms with Crippen molar-refractivity contribution >= 4 is 16.6 Å². The molecule has 0 aliphatic heterocycles. The van der Waals surface area contributed by atoms with E-state index >= 15 is 0 Å². The summed E-state index contributed by atoms with van der Waals surface area (Å²) in [5, 5.41) is 10.4. The Morgan fingerprint density at radius 3 is 2.71 bits per heavy atom. The van der Waals surface area contributed by atoms with Gasteiger partial charge < -0.3 is 9.15 Å². The molecule has 8 nitrogen and oxygen atoms in total. The molecular formula is C9H6N2O6. The Kier molecular flexibility index (Phi) is 2.39. The van der Waals surface area contributed by atoms with Crippen LogP contribution in [0.3, 0.4) is 0 Å². The van der Waals surface area contributed by atoms with E-state index in [0.29, 0.717) is 0 Å².